The van der Waals surface area contributed by atoms with Gasteiger partial charge in [-0.3, -0.25) is 4.72 Å². The van der Waals surface area contributed by atoms with Gasteiger partial charge in [0.15, 0.2) is 5.65 Å². The fourth-order valence-corrected chi connectivity index (χ4v) is 5.38. The zero-order valence-electron chi connectivity index (χ0n) is 19.1. The lowest BCUT2D eigenvalue weighted by Gasteiger charge is -2.12. The van der Waals surface area contributed by atoms with Crippen molar-refractivity contribution in [3.8, 4) is 17.3 Å². The summed E-state index contributed by atoms with van der Waals surface area (Å²) >= 11 is 9.91. The van der Waals surface area contributed by atoms with Crippen LogP contribution in [0.4, 0.5) is 11.5 Å². The number of hydrogen-bond donors (Lipinski definition) is 2. The summed E-state index contributed by atoms with van der Waals surface area (Å²) in [6, 6.07) is 24.2. The highest BCUT2D eigenvalue weighted by Gasteiger charge is 2.15. The van der Waals surface area contributed by atoms with Crippen molar-refractivity contribution in [1.29, 1.82) is 5.26 Å². The van der Waals surface area contributed by atoms with Crippen LogP contribution < -0.4 is 10.0 Å². The SMILES string of the molecule is N#Cc1cccc(S(=O)(=O)Nc2ccc(CNc3cc(-c4ccccc4Cl)nc4c(Br)cnn34)cc2)c1. The van der Waals surface area contributed by atoms with Crippen LogP contribution >= 0.6 is 27.5 Å². The number of anilines is 2. The van der Waals surface area contributed by atoms with E-state index in [1.165, 1.54) is 18.2 Å². The van der Waals surface area contributed by atoms with E-state index in [9.17, 15) is 8.42 Å². The summed E-state index contributed by atoms with van der Waals surface area (Å²) in [7, 11) is -3.82. The first kappa shape index (κ1) is 24.8. The fourth-order valence-electron chi connectivity index (χ4n) is 3.70. The molecule has 0 aliphatic heterocycles. The van der Waals surface area contributed by atoms with E-state index in [0.29, 0.717) is 34.4 Å². The molecule has 2 heterocycles. The zero-order chi connectivity index (χ0) is 26.0. The lowest BCUT2D eigenvalue weighted by Crippen LogP contribution is -2.13. The second-order valence-corrected chi connectivity index (χ2v) is 11.0. The quantitative estimate of drug-likeness (QED) is 0.236. The van der Waals surface area contributed by atoms with Gasteiger partial charge in [0.1, 0.15) is 5.82 Å². The Morgan fingerprint density at radius 2 is 1.81 bits per heavy atom. The number of benzene rings is 3. The molecule has 184 valence electrons. The predicted octanol–water partition coefficient (Wildman–Crippen LogP) is 6.10. The smallest absolute Gasteiger partial charge is 0.261 e. The lowest BCUT2D eigenvalue weighted by molar-refractivity contribution is 0.601. The van der Waals surface area contributed by atoms with E-state index in [0.717, 1.165) is 15.6 Å². The summed E-state index contributed by atoms with van der Waals surface area (Å²) in [5.74, 6) is 0.716. The molecule has 8 nitrogen and oxygen atoms in total. The number of fused-ring (bicyclic) bond motifs is 1. The van der Waals surface area contributed by atoms with Gasteiger partial charge in [-0.1, -0.05) is 48.0 Å². The molecule has 0 atom stereocenters. The first-order chi connectivity index (χ1) is 17.8. The number of rotatable bonds is 7. The highest BCUT2D eigenvalue weighted by Crippen LogP contribution is 2.30. The number of hydrogen-bond acceptors (Lipinski definition) is 6. The molecule has 0 saturated heterocycles. The first-order valence-electron chi connectivity index (χ1n) is 11.0. The molecule has 0 aliphatic carbocycles. The maximum absolute atomic E-state index is 12.7. The number of nitriles is 1. The van der Waals surface area contributed by atoms with Gasteiger partial charge in [0.2, 0.25) is 0 Å². The van der Waals surface area contributed by atoms with Gasteiger partial charge in [0.25, 0.3) is 10.0 Å². The van der Waals surface area contributed by atoms with Crippen molar-refractivity contribution in [3.63, 3.8) is 0 Å². The Morgan fingerprint density at radius 3 is 2.57 bits per heavy atom. The van der Waals surface area contributed by atoms with Crippen LogP contribution in [0.15, 0.2) is 94.4 Å². The molecular formula is C26H18BrClN6O2S. The largest absolute Gasteiger partial charge is 0.366 e. The van der Waals surface area contributed by atoms with Gasteiger partial charge >= 0.3 is 0 Å². The van der Waals surface area contributed by atoms with Gasteiger partial charge in [-0.15, -0.1) is 0 Å². The van der Waals surface area contributed by atoms with E-state index in [1.807, 2.05) is 48.5 Å². The minimum absolute atomic E-state index is 0.0266. The third kappa shape index (κ3) is 5.29. The van der Waals surface area contributed by atoms with Crippen LogP contribution in [0.1, 0.15) is 11.1 Å². The minimum Gasteiger partial charge on any atom is -0.366 e. The van der Waals surface area contributed by atoms with E-state index in [2.05, 4.69) is 31.1 Å². The second kappa shape index (κ2) is 10.2. The normalized spacial score (nSPS) is 11.3. The Hall–Kier alpha value is -3.91. The van der Waals surface area contributed by atoms with Crippen molar-refractivity contribution < 1.29 is 8.42 Å². The van der Waals surface area contributed by atoms with Crippen molar-refractivity contribution in [2.75, 3.05) is 10.0 Å². The Kier molecular flexibility index (Phi) is 6.84. The number of halogens is 2. The third-order valence-corrected chi connectivity index (χ3v) is 7.80. The molecule has 0 saturated carbocycles. The first-order valence-corrected chi connectivity index (χ1v) is 13.6. The van der Waals surface area contributed by atoms with Crippen LogP contribution in [-0.2, 0) is 16.6 Å². The minimum atomic E-state index is -3.82. The second-order valence-electron chi connectivity index (χ2n) is 8.03. The highest BCUT2D eigenvalue weighted by molar-refractivity contribution is 9.10. The number of aromatic nitrogens is 3. The van der Waals surface area contributed by atoms with Crippen molar-refractivity contribution in [2.45, 2.75) is 11.4 Å². The standard InChI is InChI=1S/C26H18BrClN6O2S/c27-22-16-31-34-25(13-24(32-26(22)34)21-6-1-2-7-23(21)28)30-15-17-8-10-19(11-9-17)33-37(35,36)20-5-3-4-18(12-20)14-29/h1-13,16,30,33H,15H2. The Morgan fingerprint density at radius 1 is 1.03 bits per heavy atom. The lowest BCUT2D eigenvalue weighted by atomic mass is 10.1. The summed E-state index contributed by atoms with van der Waals surface area (Å²) in [4.78, 5) is 4.74. The van der Waals surface area contributed by atoms with Gasteiger partial charge in [-0.05, 0) is 57.9 Å². The molecule has 5 rings (SSSR count). The van der Waals surface area contributed by atoms with Crippen LogP contribution in [0.5, 0.6) is 0 Å². The maximum atomic E-state index is 12.7. The fraction of sp³-hybridized carbons (Fsp3) is 0.0385. The van der Waals surface area contributed by atoms with Crippen molar-refractivity contribution in [3.05, 3.63) is 106 Å². The van der Waals surface area contributed by atoms with Gasteiger partial charge in [-0.25, -0.2) is 13.4 Å². The van der Waals surface area contributed by atoms with Gasteiger partial charge < -0.3 is 5.32 Å². The van der Waals surface area contributed by atoms with Crippen molar-refractivity contribution >= 4 is 54.7 Å². The maximum Gasteiger partial charge on any atom is 0.261 e. The van der Waals surface area contributed by atoms with Crippen LogP contribution in [0.3, 0.4) is 0 Å². The van der Waals surface area contributed by atoms with Crippen molar-refractivity contribution in [1.82, 2.24) is 14.6 Å². The Balaban J connectivity index is 1.35. The van der Waals surface area contributed by atoms with E-state index in [-0.39, 0.29) is 10.5 Å². The topological polar surface area (TPSA) is 112 Å². The molecular weight excluding hydrogens is 576 g/mol. The van der Waals surface area contributed by atoms with Crippen LogP contribution in [0.2, 0.25) is 5.02 Å². The Bertz CT molecular complexity index is 1760. The summed E-state index contributed by atoms with van der Waals surface area (Å²) in [5.41, 5.74) is 3.76. The molecule has 0 aliphatic rings. The van der Waals surface area contributed by atoms with E-state index in [4.69, 9.17) is 21.8 Å². The number of sulfonamides is 1. The molecule has 0 spiro atoms. The van der Waals surface area contributed by atoms with E-state index < -0.39 is 10.0 Å². The van der Waals surface area contributed by atoms with E-state index in [1.54, 1.807) is 28.9 Å². The average Bonchev–Trinajstić information content (AvgIpc) is 3.29. The van der Waals surface area contributed by atoms with Crippen LogP contribution in [0, 0.1) is 11.3 Å². The monoisotopic (exact) mass is 592 g/mol. The molecule has 0 amide bonds. The molecule has 5 aromatic rings. The predicted molar refractivity (Wildman–Crippen MR) is 147 cm³/mol. The van der Waals surface area contributed by atoms with Gasteiger partial charge in [0.05, 0.1) is 32.9 Å². The molecule has 11 heteroatoms. The molecule has 2 aromatic heterocycles. The van der Waals surface area contributed by atoms with Crippen LogP contribution in [-0.4, -0.2) is 23.0 Å². The summed E-state index contributed by atoms with van der Waals surface area (Å²) in [6.45, 7) is 0.454. The van der Waals surface area contributed by atoms with Gasteiger partial charge in [-0.2, -0.15) is 14.9 Å². The van der Waals surface area contributed by atoms with Gasteiger partial charge in [0, 0.05) is 28.9 Å². The molecule has 0 fully saturated rings. The number of nitrogens with zero attached hydrogens (tertiary/aromatic N) is 4. The molecule has 0 radical (unpaired) electrons. The molecule has 3 aromatic carbocycles. The Labute approximate surface area is 226 Å². The van der Waals surface area contributed by atoms with Crippen molar-refractivity contribution in [2.24, 2.45) is 0 Å². The van der Waals surface area contributed by atoms with Crippen LogP contribution in [0.25, 0.3) is 16.9 Å². The number of nitrogens with one attached hydrogen (secondary N) is 2. The van der Waals surface area contributed by atoms with E-state index >= 15 is 0 Å². The molecule has 0 unspecified atom stereocenters. The average molecular weight is 594 g/mol. The summed E-state index contributed by atoms with van der Waals surface area (Å²) in [6.07, 6.45) is 1.68. The third-order valence-electron chi connectivity index (χ3n) is 5.53. The molecule has 2 N–H and O–H groups in total. The zero-order valence-corrected chi connectivity index (χ0v) is 22.2. The molecule has 37 heavy (non-hydrogen) atoms. The summed E-state index contributed by atoms with van der Waals surface area (Å²) < 4.78 is 30.4. The highest BCUT2D eigenvalue weighted by atomic mass is 79.9. The molecule has 0 bridgehead atoms. The summed E-state index contributed by atoms with van der Waals surface area (Å²) in [5, 5.41) is 17.4.